The minimum atomic E-state index is -1.23. The Balaban J connectivity index is 1.88. The lowest BCUT2D eigenvalue weighted by Gasteiger charge is -2.41. The third kappa shape index (κ3) is 3.36. The van der Waals surface area contributed by atoms with Gasteiger partial charge in [0, 0.05) is 17.1 Å². The molecule has 4 N–H and O–H groups in total. The number of aliphatic hydroxyl groups excluding tert-OH is 3. The monoisotopic (exact) mass is 363 g/mol. The summed E-state index contributed by atoms with van der Waals surface area (Å²) in [4.78, 5) is 23.3. The second kappa shape index (κ2) is 7.16. The van der Waals surface area contributed by atoms with Crippen LogP contribution in [-0.4, -0.2) is 58.2 Å². The third-order valence-electron chi connectivity index (χ3n) is 4.62. The van der Waals surface area contributed by atoms with Gasteiger partial charge in [-0.2, -0.15) is 0 Å². The van der Waals surface area contributed by atoms with Gasteiger partial charge in [-0.15, -0.1) is 0 Å². The normalized spacial score (nSPS) is 28.9. The molecule has 1 aromatic heterocycles. The zero-order valence-electron chi connectivity index (χ0n) is 14.4. The molecule has 1 aliphatic rings. The fourth-order valence-electron chi connectivity index (χ4n) is 3.14. The van der Waals surface area contributed by atoms with Gasteiger partial charge < -0.3 is 29.8 Å². The summed E-state index contributed by atoms with van der Waals surface area (Å²) in [6.07, 6.45) is -3.71. The quantitative estimate of drug-likeness (QED) is 0.450. The molecule has 1 aromatic carbocycles. The average Bonchev–Trinajstić information content (AvgIpc) is 2.60. The molecule has 140 valence electrons. The number of benzene rings is 1. The number of carbonyl (C=O) groups is 1. The Kier molecular flexibility index (Phi) is 5.10. The SMILES string of the molecule is CC(=O)c1cc2ccc(NC3C(C)OC(CO)C(O)C3O)cc2oc1=O. The number of ether oxygens (including phenoxy) is 1. The first-order valence-electron chi connectivity index (χ1n) is 8.29. The van der Waals surface area contributed by atoms with E-state index in [1.165, 1.54) is 13.0 Å². The summed E-state index contributed by atoms with van der Waals surface area (Å²) in [6.45, 7) is 2.62. The maximum Gasteiger partial charge on any atom is 0.347 e. The van der Waals surface area contributed by atoms with Crippen molar-refractivity contribution in [3.8, 4) is 0 Å². The summed E-state index contributed by atoms with van der Waals surface area (Å²) < 4.78 is 10.7. The van der Waals surface area contributed by atoms with Crippen molar-refractivity contribution in [2.45, 2.75) is 44.3 Å². The molecule has 2 aromatic rings. The predicted octanol–water partition coefficient (Wildman–Crippen LogP) is 0.277. The number of Topliss-reactive ketones (excluding diaryl/α,β-unsaturated/α-hetero) is 1. The topological polar surface area (TPSA) is 129 Å². The van der Waals surface area contributed by atoms with E-state index in [1.807, 2.05) is 0 Å². The van der Waals surface area contributed by atoms with Crippen molar-refractivity contribution in [3.63, 3.8) is 0 Å². The van der Waals surface area contributed by atoms with Crippen LogP contribution in [-0.2, 0) is 4.74 Å². The van der Waals surface area contributed by atoms with Crippen LogP contribution in [0, 0.1) is 0 Å². The van der Waals surface area contributed by atoms with Crippen LogP contribution in [0.3, 0.4) is 0 Å². The molecule has 2 heterocycles. The van der Waals surface area contributed by atoms with E-state index >= 15 is 0 Å². The van der Waals surface area contributed by atoms with Gasteiger partial charge in [0.2, 0.25) is 0 Å². The molecule has 8 heteroatoms. The zero-order chi connectivity index (χ0) is 19.0. The second-order valence-electron chi connectivity index (χ2n) is 6.47. The lowest BCUT2D eigenvalue weighted by atomic mass is 9.93. The van der Waals surface area contributed by atoms with E-state index in [4.69, 9.17) is 9.15 Å². The maximum absolute atomic E-state index is 11.9. The lowest BCUT2D eigenvalue weighted by Crippen LogP contribution is -2.60. The van der Waals surface area contributed by atoms with Crippen LogP contribution >= 0.6 is 0 Å². The van der Waals surface area contributed by atoms with Gasteiger partial charge in [0.05, 0.1) is 18.8 Å². The Bertz CT molecular complexity index is 877. The largest absolute Gasteiger partial charge is 0.422 e. The maximum atomic E-state index is 11.9. The van der Waals surface area contributed by atoms with E-state index in [0.29, 0.717) is 11.1 Å². The molecule has 0 radical (unpaired) electrons. The minimum absolute atomic E-state index is 0.0129. The van der Waals surface area contributed by atoms with Crippen molar-refractivity contribution < 1.29 is 29.3 Å². The molecular formula is C18H21NO7. The summed E-state index contributed by atoms with van der Waals surface area (Å²) in [6, 6.07) is 5.81. The Morgan fingerprint density at radius 1 is 1.23 bits per heavy atom. The Hall–Kier alpha value is -2.26. The Labute approximate surface area is 149 Å². The number of anilines is 1. The summed E-state index contributed by atoms with van der Waals surface area (Å²) >= 11 is 0. The van der Waals surface area contributed by atoms with Gasteiger partial charge in [-0.25, -0.2) is 4.79 Å². The van der Waals surface area contributed by atoms with E-state index in [1.54, 1.807) is 25.1 Å². The molecule has 0 saturated carbocycles. The Morgan fingerprint density at radius 3 is 2.62 bits per heavy atom. The highest BCUT2D eigenvalue weighted by Gasteiger charge is 2.42. The number of hydrogen-bond donors (Lipinski definition) is 4. The average molecular weight is 363 g/mol. The van der Waals surface area contributed by atoms with Crippen molar-refractivity contribution in [1.29, 1.82) is 0 Å². The van der Waals surface area contributed by atoms with Crippen LogP contribution in [0.15, 0.2) is 33.5 Å². The fourth-order valence-corrected chi connectivity index (χ4v) is 3.14. The zero-order valence-corrected chi connectivity index (χ0v) is 14.4. The lowest BCUT2D eigenvalue weighted by molar-refractivity contribution is -0.180. The van der Waals surface area contributed by atoms with Gasteiger partial charge in [-0.3, -0.25) is 4.79 Å². The van der Waals surface area contributed by atoms with Crippen molar-refractivity contribution in [1.82, 2.24) is 0 Å². The van der Waals surface area contributed by atoms with Crippen LogP contribution in [0.2, 0.25) is 0 Å². The van der Waals surface area contributed by atoms with Gasteiger partial charge in [0.25, 0.3) is 0 Å². The molecule has 0 bridgehead atoms. The van der Waals surface area contributed by atoms with E-state index < -0.39 is 42.7 Å². The molecule has 5 unspecified atom stereocenters. The third-order valence-corrected chi connectivity index (χ3v) is 4.62. The highest BCUT2D eigenvalue weighted by Crippen LogP contribution is 2.26. The van der Waals surface area contributed by atoms with Crippen molar-refractivity contribution >= 4 is 22.4 Å². The minimum Gasteiger partial charge on any atom is -0.422 e. The highest BCUT2D eigenvalue weighted by molar-refractivity contribution is 5.96. The molecule has 26 heavy (non-hydrogen) atoms. The molecule has 1 aliphatic heterocycles. The smallest absolute Gasteiger partial charge is 0.347 e. The first kappa shape index (κ1) is 18.5. The number of rotatable bonds is 4. The van der Waals surface area contributed by atoms with Gasteiger partial charge in [0.15, 0.2) is 5.78 Å². The molecule has 1 fully saturated rings. The first-order valence-corrected chi connectivity index (χ1v) is 8.29. The second-order valence-corrected chi connectivity index (χ2v) is 6.47. The molecular weight excluding hydrogens is 342 g/mol. The summed E-state index contributed by atoms with van der Waals surface area (Å²) in [5, 5.41) is 33.2. The van der Waals surface area contributed by atoms with Crippen LogP contribution < -0.4 is 10.9 Å². The van der Waals surface area contributed by atoms with Gasteiger partial charge in [0.1, 0.15) is 29.5 Å². The number of carbonyl (C=O) groups excluding carboxylic acids is 1. The first-order chi connectivity index (χ1) is 12.3. The number of hydrogen-bond acceptors (Lipinski definition) is 8. The number of ketones is 1. The van der Waals surface area contributed by atoms with Gasteiger partial charge in [-0.05, 0) is 32.0 Å². The van der Waals surface area contributed by atoms with Crippen LogP contribution in [0.4, 0.5) is 5.69 Å². The fraction of sp³-hybridized carbons (Fsp3) is 0.444. The van der Waals surface area contributed by atoms with E-state index in [-0.39, 0.29) is 16.9 Å². The molecule has 5 atom stereocenters. The van der Waals surface area contributed by atoms with Crippen molar-refractivity contribution in [2.75, 3.05) is 11.9 Å². The number of aliphatic hydroxyl groups is 3. The standard InChI is InChI=1S/C18H21NO7/c1-8(21)12-5-10-3-4-11(6-13(10)26-18(12)24)19-15-9(2)25-14(7-20)16(22)17(15)23/h3-6,9,14-17,19-20,22-23H,7H2,1-2H3. The predicted molar refractivity (Wildman–Crippen MR) is 93.3 cm³/mol. The highest BCUT2D eigenvalue weighted by atomic mass is 16.5. The van der Waals surface area contributed by atoms with Crippen molar-refractivity contribution in [2.24, 2.45) is 0 Å². The van der Waals surface area contributed by atoms with E-state index in [2.05, 4.69) is 5.32 Å². The summed E-state index contributed by atoms with van der Waals surface area (Å²) in [5.74, 6) is -0.369. The van der Waals surface area contributed by atoms with Crippen molar-refractivity contribution in [3.05, 3.63) is 40.2 Å². The van der Waals surface area contributed by atoms with E-state index in [9.17, 15) is 24.9 Å². The molecule has 8 nitrogen and oxygen atoms in total. The van der Waals surface area contributed by atoms with Crippen LogP contribution in [0.1, 0.15) is 24.2 Å². The van der Waals surface area contributed by atoms with Gasteiger partial charge in [-0.1, -0.05) is 0 Å². The van der Waals surface area contributed by atoms with Gasteiger partial charge >= 0.3 is 5.63 Å². The summed E-state index contributed by atoms with van der Waals surface area (Å²) in [5.41, 5.74) is 0.113. The molecule has 0 amide bonds. The molecule has 0 aliphatic carbocycles. The van der Waals surface area contributed by atoms with E-state index in [0.717, 1.165) is 0 Å². The summed E-state index contributed by atoms with van der Waals surface area (Å²) in [7, 11) is 0. The Morgan fingerprint density at radius 2 is 1.96 bits per heavy atom. The molecule has 0 spiro atoms. The van der Waals surface area contributed by atoms with Crippen LogP contribution in [0.25, 0.3) is 11.0 Å². The number of fused-ring (bicyclic) bond motifs is 1. The molecule has 1 saturated heterocycles. The molecule has 3 rings (SSSR count). The van der Waals surface area contributed by atoms with Crippen LogP contribution in [0.5, 0.6) is 0 Å². The number of nitrogens with one attached hydrogen (secondary N) is 1.